The average molecular weight is 342 g/mol. The number of hydrogen-bond donors (Lipinski definition) is 1. The SMILES string of the molecule is CCn1nc(C)cc1C(=O)Nc1nc(-c2ccc(OC)cc2)cs1. The van der Waals surface area contributed by atoms with Gasteiger partial charge in [0, 0.05) is 17.5 Å². The van der Waals surface area contributed by atoms with Crippen LogP contribution in [0.15, 0.2) is 35.7 Å². The highest BCUT2D eigenvalue weighted by Gasteiger charge is 2.15. The molecule has 7 heteroatoms. The highest BCUT2D eigenvalue weighted by atomic mass is 32.1. The average Bonchev–Trinajstić information content (AvgIpc) is 3.21. The van der Waals surface area contributed by atoms with Gasteiger partial charge in [-0.1, -0.05) is 0 Å². The van der Waals surface area contributed by atoms with Gasteiger partial charge >= 0.3 is 0 Å². The maximum absolute atomic E-state index is 12.4. The van der Waals surface area contributed by atoms with E-state index < -0.39 is 0 Å². The first-order valence-electron chi connectivity index (χ1n) is 7.56. The third-order valence-corrected chi connectivity index (χ3v) is 4.30. The number of methoxy groups -OCH3 is 1. The predicted molar refractivity (Wildman–Crippen MR) is 94.7 cm³/mol. The molecule has 24 heavy (non-hydrogen) atoms. The quantitative estimate of drug-likeness (QED) is 0.769. The molecular formula is C17H18N4O2S. The molecule has 1 N–H and O–H groups in total. The summed E-state index contributed by atoms with van der Waals surface area (Å²) in [5.41, 5.74) is 3.15. The zero-order chi connectivity index (χ0) is 17.1. The Bertz CT molecular complexity index is 852. The lowest BCUT2D eigenvalue weighted by atomic mass is 10.2. The minimum atomic E-state index is -0.201. The van der Waals surface area contributed by atoms with Crippen molar-refractivity contribution in [2.75, 3.05) is 12.4 Å². The number of nitrogens with one attached hydrogen (secondary N) is 1. The first kappa shape index (κ1) is 16.2. The summed E-state index contributed by atoms with van der Waals surface area (Å²) in [6, 6.07) is 9.42. The van der Waals surface area contributed by atoms with Gasteiger partial charge in [0.15, 0.2) is 5.13 Å². The lowest BCUT2D eigenvalue weighted by Crippen LogP contribution is -2.17. The fourth-order valence-corrected chi connectivity index (χ4v) is 3.07. The van der Waals surface area contributed by atoms with Crippen molar-refractivity contribution in [2.45, 2.75) is 20.4 Å². The highest BCUT2D eigenvalue weighted by molar-refractivity contribution is 7.14. The van der Waals surface area contributed by atoms with Crippen LogP contribution in [-0.2, 0) is 6.54 Å². The van der Waals surface area contributed by atoms with Crippen molar-refractivity contribution in [3.8, 4) is 17.0 Å². The van der Waals surface area contributed by atoms with Crippen LogP contribution in [0, 0.1) is 6.92 Å². The van der Waals surface area contributed by atoms with E-state index in [9.17, 15) is 4.79 Å². The molecule has 3 rings (SSSR count). The Balaban J connectivity index is 1.76. The Morgan fingerprint density at radius 2 is 2.08 bits per heavy atom. The van der Waals surface area contributed by atoms with Crippen molar-refractivity contribution < 1.29 is 9.53 Å². The standard InChI is InChI=1S/C17H18N4O2S/c1-4-21-15(9-11(2)20-21)16(22)19-17-18-14(10-24-17)12-5-7-13(23-3)8-6-12/h5-10H,4H2,1-3H3,(H,18,19,22). The van der Waals surface area contributed by atoms with Crippen LogP contribution >= 0.6 is 11.3 Å². The van der Waals surface area contributed by atoms with Crippen LogP contribution in [0.5, 0.6) is 5.75 Å². The van der Waals surface area contributed by atoms with Crippen molar-refractivity contribution in [1.29, 1.82) is 0 Å². The number of benzene rings is 1. The zero-order valence-corrected chi connectivity index (χ0v) is 14.6. The number of aromatic nitrogens is 3. The van der Waals surface area contributed by atoms with Gasteiger partial charge in [-0.2, -0.15) is 5.10 Å². The number of hydrogen-bond acceptors (Lipinski definition) is 5. The number of amides is 1. The summed E-state index contributed by atoms with van der Waals surface area (Å²) >= 11 is 1.39. The molecule has 0 atom stereocenters. The lowest BCUT2D eigenvalue weighted by molar-refractivity contribution is 0.101. The molecule has 0 aliphatic heterocycles. The third-order valence-electron chi connectivity index (χ3n) is 3.54. The van der Waals surface area contributed by atoms with Gasteiger partial charge in [-0.3, -0.25) is 14.8 Å². The van der Waals surface area contributed by atoms with E-state index in [0.717, 1.165) is 22.7 Å². The number of carbonyl (C=O) groups excluding carboxylic acids is 1. The number of thiazole rings is 1. The first-order chi connectivity index (χ1) is 11.6. The summed E-state index contributed by atoms with van der Waals surface area (Å²) in [6.45, 7) is 4.47. The molecule has 6 nitrogen and oxygen atoms in total. The lowest BCUT2D eigenvalue weighted by Gasteiger charge is -2.04. The minimum Gasteiger partial charge on any atom is -0.497 e. The molecule has 0 fully saturated rings. The topological polar surface area (TPSA) is 69.0 Å². The van der Waals surface area contributed by atoms with Crippen LogP contribution < -0.4 is 10.1 Å². The van der Waals surface area contributed by atoms with Gasteiger partial charge in [0.05, 0.1) is 18.5 Å². The molecule has 0 saturated heterocycles. The van der Waals surface area contributed by atoms with E-state index in [4.69, 9.17) is 4.74 Å². The molecule has 1 aromatic carbocycles. The minimum absolute atomic E-state index is 0.201. The fourth-order valence-electron chi connectivity index (χ4n) is 2.36. The van der Waals surface area contributed by atoms with Crippen LogP contribution in [0.1, 0.15) is 23.1 Å². The van der Waals surface area contributed by atoms with E-state index in [-0.39, 0.29) is 5.91 Å². The van der Waals surface area contributed by atoms with Crippen molar-refractivity contribution >= 4 is 22.4 Å². The summed E-state index contributed by atoms with van der Waals surface area (Å²) in [5, 5.41) is 9.61. The number of ether oxygens (including phenoxy) is 1. The van der Waals surface area contributed by atoms with Gasteiger partial charge < -0.3 is 4.74 Å². The second kappa shape index (κ2) is 6.84. The van der Waals surface area contributed by atoms with Gasteiger partial charge in [-0.05, 0) is 44.2 Å². The molecule has 0 unspecified atom stereocenters. The Morgan fingerprint density at radius 3 is 2.75 bits per heavy atom. The number of anilines is 1. The van der Waals surface area contributed by atoms with Gasteiger partial charge in [-0.15, -0.1) is 11.3 Å². The molecule has 1 amide bonds. The number of carbonyl (C=O) groups is 1. The number of rotatable bonds is 5. The Morgan fingerprint density at radius 1 is 1.33 bits per heavy atom. The summed E-state index contributed by atoms with van der Waals surface area (Å²) in [6.07, 6.45) is 0. The van der Waals surface area contributed by atoms with Crippen LogP contribution in [0.2, 0.25) is 0 Å². The van der Waals surface area contributed by atoms with Gasteiger partial charge in [0.2, 0.25) is 0 Å². The molecule has 0 spiro atoms. The second-order valence-corrected chi connectivity index (χ2v) is 6.07. The van der Waals surface area contributed by atoms with E-state index in [1.54, 1.807) is 17.9 Å². The van der Waals surface area contributed by atoms with Gasteiger partial charge in [0.25, 0.3) is 5.91 Å². The van der Waals surface area contributed by atoms with E-state index >= 15 is 0 Å². The normalized spacial score (nSPS) is 10.6. The number of nitrogens with zero attached hydrogens (tertiary/aromatic N) is 3. The highest BCUT2D eigenvalue weighted by Crippen LogP contribution is 2.26. The Hall–Kier alpha value is -2.67. The van der Waals surface area contributed by atoms with Gasteiger partial charge in [-0.25, -0.2) is 4.98 Å². The van der Waals surface area contributed by atoms with E-state index in [1.165, 1.54) is 11.3 Å². The third kappa shape index (κ3) is 3.30. The molecule has 0 saturated carbocycles. The molecule has 0 bridgehead atoms. The molecule has 124 valence electrons. The summed E-state index contributed by atoms with van der Waals surface area (Å²) in [7, 11) is 1.63. The van der Waals surface area contributed by atoms with E-state index in [1.807, 2.05) is 43.5 Å². The van der Waals surface area contributed by atoms with E-state index in [0.29, 0.717) is 17.4 Å². The first-order valence-corrected chi connectivity index (χ1v) is 8.44. The van der Waals surface area contributed by atoms with Crippen molar-refractivity contribution in [1.82, 2.24) is 14.8 Å². The molecule has 2 aromatic heterocycles. The van der Waals surface area contributed by atoms with Crippen molar-refractivity contribution in [3.63, 3.8) is 0 Å². The zero-order valence-electron chi connectivity index (χ0n) is 13.7. The van der Waals surface area contributed by atoms with Crippen LogP contribution in [0.25, 0.3) is 11.3 Å². The molecule has 2 heterocycles. The molecule has 0 aliphatic carbocycles. The van der Waals surface area contributed by atoms with Crippen LogP contribution in [0.3, 0.4) is 0 Å². The van der Waals surface area contributed by atoms with Crippen molar-refractivity contribution in [3.05, 3.63) is 47.1 Å². The molecular weight excluding hydrogens is 324 g/mol. The van der Waals surface area contributed by atoms with Crippen LogP contribution in [0.4, 0.5) is 5.13 Å². The van der Waals surface area contributed by atoms with E-state index in [2.05, 4.69) is 15.4 Å². The maximum Gasteiger partial charge on any atom is 0.275 e. The summed E-state index contributed by atoms with van der Waals surface area (Å²) < 4.78 is 6.84. The fraction of sp³-hybridized carbons (Fsp3) is 0.235. The molecule has 3 aromatic rings. The molecule has 0 radical (unpaired) electrons. The van der Waals surface area contributed by atoms with Gasteiger partial charge in [0.1, 0.15) is 11.4 Å². The molecule has 0 aliphatic rings. The smallest absolute Gasteiger partial charge is 0.275 e. The monoisotopic (exact) mass is 342 g/mol. The second-order valence-electron chi connectivity index (χ2n) is 5.21. The van der Waals surface area contributed by atoms with Crippen molar-refractivity contribution in [2.24, 2.45) is 0 Å². The summed E-state index contributed by atoms with van der Waals surface area (Å²) in [4.78, 5) is 16.9. The number of aryl methyl sites for hydroxylation is 2. The predicted octanol–water partition coefficient (Wildman–Crippen LogP) is 3.60. The Kier molecular flexibility index (Phi) is 4.61. The van der Waals surface area contributed by atoms with Crippen LogP contribution in [-0.4, -0.2) is 27.8 Å². The Labute approximate surface area is 144 Å². The summed E-state index contributed by atoms with van der Waals surface area (Å²) in [5.74, 6) is 0.596. The largest absolute Gasteiger partial charge is 0.497 e. The maximum atomic E-state index is 12.4.